The molecule has 2 fully saturated rings. The summed E-state index contributed by atoms with van der Waals surface area (Å²) in [5, 5.41) is 27.2. The van der Waals surface area contributed by atoms with E-state index in [4.69, 9.17) is 10.0 Å². The zero-order valence-electron chi connectivity index (χ0n) is 13.4. The van der Waals surface area contributed by atoms with Gasteiger partial charge in [0.05, 0.1) is 5.92 Å². The van der Waals surface area contributed by atoms with Crippen LogP contribution in [0.1, 0.15) is 32.1 Å². The van der Waals surface area contributed by atoms with Crippen molar-refractivity contribution >= 4 is 13.1 Å². The van der Waals surface area contributed by atoms with E-state index < -0.39 is 13.1 Å². The van der Waals surface area contributed by atoms with Gasteiger partial charge in [-0.3, -0.25) is 4.79 Å². The number of hydrogen-bond acceptors (Lipinski definition) is 5. The highest BCUT2D eigenvalue weighted by Gasteiger charge is 2.37. The van der Waals surface area contributed by atoms with E-state index in [1.807, 2.05) is 0 Å². The minimum atomic E-state index is -1.28. The van der Waals surface area contributed by atoms with Gasteiger partial charge in [-0.05, 0) is 44.6 Å². The number of likely N-dealkylation sites (tertiary alicyclic amines) is 2. The lowest BCUT2D eigenvalue weighted by atomic mass is 9.80. The molecule has 0 unspecified atom stereocenters. The molecule has 2 aliphatic heterocycles. The van der Waals surface area contributed by atoms with Crippen LogP contribution < -0.4 is 0 Å². The summed E-state index contributed by atoms with van der Waals surface area (Å²) in [7, 11) is -1.28. The standard InChI is InChI=1S/C15H29BN2O4/c19-15(20)14-12-18(10-9-17-7-2-1-3-8-17)11-13(14)5-4-6-16(21)22/h13-14,21-22H,1-12H2,(H,19,20)/t13-,14+/m0/s1. The average molecular weight is 312 g/mol. The van der Waals surface area contributed by atoms with Crippen LogP contribution in [0.3, 0.4) is 0 Å². The molecular formula is C15H29BN2O4. The fourth-order valence-corrected chi connectivity index (χ4v) is 3.74. The maximum atomic E-state index is 11.4. The second-order valence-electron chi connectivity index (χ2n) is 6.78. The first-order chi connectivity index (χ1) is 10.6. The van der Waals surface area contributed by atoms with Gasteiger partial charge in [-0.2, -0.15) is 0 Å². The molecule has 2 heterocycles. The first kappa shape index (κ1) is 17.7. The Morgan fingerprint density at radius 2 is 1.73 bits per heavy atom. The lowest BCUT2D eigenvalue weighted by molar-refractivity contribution is -0.142. The highest BCUT2D eigenvalue weighted by molar-refractivity contribution is 6.40. The van der Waals surface area contributed by atoms with Gasteiger partial charge < -0.3 is 25.0 Å². The van der Waals surface area contributed by atoms with Crippen LogP contribution in [0.5, 0.6) is 0 Å². The van der Waals surface area contributed by atoms with Crippen LogP contribution in [-0.2, 0) is 4.79 Å². The van der Waals surface area contributed by atoms with Crippen molar-refractivity contribution < 1.29 is 19.9 Å². The second-order valence-corrected chi connectivity index (χ2v) is 6.78. The third-order valence-electron chi connectivity index (χ3n) is 5.05. The van der Waals surface area contributed by atoms with Crippen molar-refractivity contribution in [3.63, 3.8) is 0 Å². The molecule has 0 aromatic carbocycles. The minimum absolute atomic E-state index is 0.137. The molecule has 2 atom stereocenters. The zero-order chi connectivity index (χ0) is 15.9. The lowest BCUT2D eigenvalue weighted by Crippen LogP contribution is -2.37. The minimum Gasteiger partial charge on any atom is -0.481 e. The normalized spacial score (nSPS) is 27.2. The number of carboxylic acid groups (broad SMARTS) is 1. The van der Waals surface area contributed by atoms with Crippen molar-refractivity contribution in [1.82, 2.24) is 9.80 Å². The van der Waals surface area contributed by atoms with Crippen molar-refractivity contribution in [2.75, 3.05) is 39.3 Å². The predicted molar refractivity (Wildman–Crippen MR) is 85.6 cm³/mol. The monoisotopic (exact) mass is 312 g/mol. The van der Waals surface area contributed by atoms with Crippen molar-refractivity contribution in [3.05, 3.63) is 0 Å². The van der Waals surface area contributed by atoms with Gasteiger partial charge in [0.25, 0.3) is 0 Å². The SMILES string of the molecule is O=C(O)[C@@H]1CN(CCN2CCCCC2)C[C@@H]1CCCB(O)O. The summed E-state index contributed by atoms with van der Waals surface area (Å²) in [5.74, 6) is -0.884. The molecule has 0 aromatic heterocycles. The molecule has 0 saturated carbocycles. The quantitative estimate of drug-likeness (QED) is 0.561. The fraction of sp³-hybridized carbons (Fsp3) is 0.933. The smallest absolute Gasteiger partial charge is 0.451 e. The average Bonchev–Trinajstić information content (AvgIpc) is 2.89. The van der Waals surface area contributed by atoms with Gasteiger partial charge >= 0.3 is 13.1 Å². The summed E-state index contributed by atoms with van der Waals surface area (Å²) < 4.78 is 0. The molecule has 3 N–H and O–H groups in total. The third kappa shape index (κ3) is 5.54. The molecule has 7 heteroatoms. The van der Waals surface area contributed by atoms with Crippen LogP contribution in [0.2, 0.25) is 6.32 Å². The topological polar surface area (TPSA) is 84.2 Å². The Morgan fingerprint density at radius 1 is 1.05 bits per heavy atom. The molecule has 126 valence electrons. The van der Waals surface area contributed by atoms with Crippen LogP contribution in [0.25, 0.3) is 0 Å². The third-order valence-corrected chi connectivity index (χ3v) is 5.05. The van der Waals surface area contributed by atoms with Gasteiger partial charge in [-0.15, -0.1) is 0 Å². The molecule has 0 aromatic rings. The number of piperidine rings is 1. The summed E-state index contributed by atoms with van der Waals surface area (Å²) in [6.45, 7) is 5.79. The van der Waals surface area contributed by atoms with Crippen LogP contribution in [-0.4, -0.2) is 77.3 Å². The summed E-state index contributed by atoms with van der Waals surface area (Å²) in [6.07, 6.45) is 5.66. The molecule has 0 aliphatic carbocycles. The first-order valence-electron chi connectivity index (χ1n) is 8.60. The maximum absolute atomic E-state index is 11.4. The van der Waals surface area contributed by atoms with Crippen molar-refractivity contribution in [3.8, 4) is 0 Å². The van der Waals surface area contributed by atoms with E-state index in [1.54, 1.807) is 0 Å². The lowest BCUT2D eigenvalue weighted by Gasteiger charge is -2.28. The summed E-state index contributed by atoms with van der Waals surface area (Å²) in [5.41, 5.74) is 0. The number of rotatable bonds is 8. The Hall–Kier alpha value is -0.625. The number of nitrogens with zero attached hydrogens (tertiary/aromatic N) is 2. The van der Waals surface area contributed by atoms with Gasteiger partial charge in [0.2, 0.25) is 0 Å². The second kappa shape index (κ2) is 8.86. The van der Waals surface area contributed by atoms with E-state index in [1.165, 1.54) is 32.4 Å². The van der Waals surface area contributed by atoms with Crippen LogP contribution >= 0.6 is 0 Å². The Morgan fingerprint density at radius 3 is 2.36 bits per heavy atom. The molecule has 0 bridgehead atoms. The molecule has 2 rings (SSSR count). The van der Waals surface area contributed by atoms with E-state index in [0.717, 1.165) is 26.1 Å². The number of carbonyl (C=O) groups is 1. The van der Waals surface area contributed by atoms with E-state index in [9.17, 15) is 9.90 Å². The molecule has 0 amide bonds. The van der Waals surface area contributed by atoms with Gasteiger partial charge in [0.15, 0.2) is 0 Å². The van der Waals surface area contributed by atoms with E-state index in [2.05, 4.69) is 9.80 Å². The summed E-state index contributed by atoms with van der Waals surface area (Å²) in [4.78, 5) is 16.2. The van der Waals surface area contributed by atoms with E-state index in [-0.39, 0.29) is 11.8 Å². The van der Waals surface area contributed by atoms with Gasteiger partial charge in [0, 0.05) is 26.2 Å². The molecule has 6 nitrogen and oxygen atoms in total. The molecule has 2 aliphatic rings. The van der Waals surface area contributed by atoms with E-state index >= 15 is 0 Å². The number of carboxylic acids is 1. The largest absolute Gasteiger partial charge is 0.481 e. The Balaban J connectivity index is 1.75. The first-order valence-corrected chi connectivity index (χ1v) is 8.60. The van der Waals surface area contributed by atoms with Crippen molar-refractivity contribution in [2.45, 2.75) is 38.4 Å². The molecular weight excluding hydrogens is 283 g/mol. The van der Waals surface area contributed by atoms with Gasteiger partial charge in [-0.25, -0.2) is 0 Å². The van der Waals surface area contributed by atoms with Crippen LogP contribution in [0.15, 0.2) is 0 Å². The van der Waals surface area contributed by atoms with Crippen LogP contribution in [0.4, 0.5) is 0 Å². The van der Waals surface area contributed by atoms with E-state index in [0.29, 0.717) is 19.3 Å². The van der Waals surface area contributed by atoms with Crippen LogP contribution in [0, 0.1) is 11.8 Å². The highest BCUT2D eigenvalue weighted by atomic mass is 16.4. The number of aliphatic carboxylic acids is 1. The Labute approximate surface area is 133 Å². The molecule has 2 saturated heterocycles. The molecule has 22 heavy (non-hydrogen) atoms. The maximum Gasteiger partial charge on any atom is 0.451 e. The summed E-state index contributed by atoms with van der Waals surface area (Å²) >= 11 is 0. The fourth-order valence-electron chi connectivity index (χ4n) is 3.74. The Kier molecular flexibility index (Phi) is 7.14. The van der Waals surface area contributed by atoms with Crippen molar-refractivity contribution in [1.29, 1.82) is 0 Å². The Bertz CT molecular complexity index is 350. The van der Waals surface area contributed by atoms with Crippen molar-refractivity contribution in [2.24, 2.45) is 11.8 Å². The zero-order valence-corrected chi connectivity index (χ0v) is 13.4. The molecule has 0 radical (unpaired) electrons. The summed E-state index contributed by atoms with van der Waals surface area (Å²) in [6, 6.07) is 0. The number of hydrogen-bond donors (Lipinski definition) is 3. The predicted octanol–water partition coefficient (Wildman–Crippen LogP) is 0.358. The molecule has 0 spiro atoms. The highest BCUT2D eigenvalue weighted by Crippen LogP contribution is 2.28. The van der Waals surface area contributed by atoms with Gasteiger partial charge in [-0.1, -0.05) is 12.8 Å². The van der Waals surface area contributed by atoms with Gasteiger partial charge in [0.1, 0.15) is 0 Å².